The van der Waals surface area contributed by atoms with Gasteiger partial charge in [0.05, 0.1) is 10.5 Å². The quantitative estimate of drug-likeness (QED) is 0.166. The van der Waals surface area contributed by atoms with Crippen LogP contribution in [-0.2, 0) is 19.7 Å². The van der Waals surface area contributed by atoms with Gasteiger partial charge in [0.25, 0.3) is 0 Å². The summed E-state index contributed by atoms with van der Waals surface area (Å²) in [4.78, 5) is 14.5. The molecule has 3 aromatic carbocycles. The van der Waals surface area contributed by atoms with E-state index in [2.05, 4.69) is 85.4 Å². The standard InChI is InChI=1S/C38H43ClN6O/c1-28-9-8-10-29(19-28)26-46-37-14-11-32(20-35(37)39)42-38-34-21-33(12-13-36(34)40-27-41-38)45-24-30(22-43-15-4-2-5-16-43)31(25-45)23-44-17-6-3-7-18-44/h8-14,19-21,24-25,27H,2-7,15-18,22-23,26H2,1H3,(H,40,41,42). The number of likely N-dealkylation sites (tertiary alicyclic amines) is 2. The zero-order chi connectivity index (χ0) is 31.3. The molecular formula is C38H43ClN6O. The Morgan fingerprint density at radius 3 is 2.17 bits per heavy atom. The second kappa shape index (κ2) is 14.2. The number of hydrogen-bond donors (Lipinski definition) is 1. The summed E-state index contributed by atoms with van der Waals surface area (Å²) < 4.78 is 8.33. The summed E-state index contributed by atoms with van der Waals surface area (Å²) in [5.74, 6) is 1.39. The predicted molar refractivity (Wildman–Crippen MR) is 187 cm³/mol. The van der Waals surface area contributed by atoms with Gasteiger partial charge in [-0.25, -0.2) is 9.97 Å². The van der Waals surface area contributed by atoms with E-state index in [1.165, 1.54) is 81.4 Å². The minimum absolute atomic E-state index is 0.465. The Kier molecular flexibility index (Phi) is 9.52. The van der Waals surface area contributed by atoms with Gasteiger partial charge in [-0.2, -0.15) is 0 Å². The Morgan fingerprint density at radius 1 is 0.783 bits per heavy atom. The molecule has 2 saturated heterocycles. The number of piperidine rings is 2. The first-order valence-corrected chi connectivity index (χ1v) is 17.1. The third-order valence-electron chi connectivity index (χ3n) is 9.28. The van der Waals surface area contributed by atoms with Gasteiger partial charge in [0.15, 0.2) is 0 Å². The highest BCUT2D eigenvalue weighted by Crippen LogP contribution is 2.32. The van der Waals surface area contributed by atoms with Gasteiger partial charge in [0.2, 0.25) is 0 Å². The van der Waals surface area contributed by atoms with Gasteiger partial charge in [-0.1, -0.05) is 54.3 Å². The molecular weight excluding hydrogens is 592 g/mol. The first kappa shape index (κ1) is 30.7. The summed E-state index contributed by atoms with van der Waals surface area (Å²) >= 11 is 6.67. The number of benzene rings is 3. The number of rotatable bonds is 10. The van der Waals surface area contributed by atoms with E-state index in [1.54, 1.807) is 6.33 Å². The Hall–Kier alpha value is -3.91. The average Bonchev–Trinajstić information content (AvgIpc) is 3.47. The Balaban J connectivity index is 1.13. The van der Waals surface area contributed by atoms with Crippen LogP contribution >= 0.6 is 11.6 Å². The molecule has 46 heavy (non-hydrogen) atoms. The van der Waals surface area contributed by atoms with Gasteiger partial charge in [0, 0.05) is 42.2 Å². The van der Waals surface area contributed by atoms with Gasteiger partial charge < -0.3 is 14.6 Å². The molecule has 2 aliphatic heterocycles. The monoisotopic (exact) mass is 634 g/mol. The summed E-state index contributed by atoms with van der Waals surface area (Å²) in [6, 6.07) is 20.5. The number of anilines is 2. The molecule has 1 N–H and O–H groups in total. The zero-order valence-electron chi connectivity index (χ0n) is 26.7. The highest BCUT2D eigenvalue weighted by Gasteiger charge is 2.19. The van der Waals surface area contributed by atoms with E-state index in [4.69, 9.17) is 16.3 Å². The van der Waals surface area contributed by atoms with Crippen molar-refractivity contribution in [2.24, 2.45) is 0 Å². The lowest BCUT2D eigenvalue weighted by atomic mass is 10.1. The molecule has 0 atom stereocenters. The number of fused-ring (bicyclic) bond motifs is 1. The molecule has 4 heterocycles. The van der Waals surface area contributed by atoms with Crippen LogP contribution in [0.3, 0.4) is 0 Å². The van der Waals surface area contributed by atoms with Crippen LogP contribution in [0, 0.1) is 6.92 Å². The first-order valence-electron chi connectivity index (χ1n) is 16.7. The molecule has 238 valence electrons. The summed E-state index contributed by atoms with van der Waals surface area (Å²) in [5.41, 5.74) is 8.03. The van der Waals surface area contributed by atoms with Crippen molar-refractivity contribution >= 4 is 34.0 Å². The molecule has 0 unspecified atom stereocenters. The number of nitrogens with zero attached hydrogens (tertiary/aromatic N) is 5. The molecule has 0 amide bonds. The topological polar surface area (TPSA) is 58.5 Å². The molecule has 0 radical (unpaired) electrons. The number of ether oxygens (including phenoxy) is 1. The molecule has 0 saturated carbocycles. The number of aromatic nitrogens is 3. The van der Waals surface area contributed by atoms with Crippen LogP contribution in [0.2, 0.25) is 5.02 Å². The van der Waals surface area contributed by atoms with Crippen molar-refractivity contribution in [1.82, 2.24) is 24.3 Å². The maximum absolute atomic E-state index is 6.67. The highest BCUT2D eigenvalue weighted by atomic mass is 35.5. The van der Waals surface area contributed by atoms with Gasteiger partial charge in [-0.15, -0.1) is 0 Å². The zero-order valence-corrected chi connectivity index (χ0v) is 27.5. The van der Waals surface area contributed by atoms with Gasteiger partial charge >= 0.3 is 0 Å². The van der Waals surface area contributed by atoms with Crippen LogP contribution in [-0.4, -0.2) is 50.5 Å². The van der Waals surface area contributed by atoms with Crippen LogP contribution in [0.4, 0.5) is 11.5 Å². The van der Waals surface area contributed by atoms with Crippen LogP contribution in [0.5, 0.6) is 5.75 Å². The largest absolute Gasteiger partial charge is 0.487 e. The third-order valence-corrected chi connectivity index (χ3v) is 9.57. The van der Waals surface area contributed by atoms with Crippen molar-refractivity contribution in [1.29, 1.82) is 0 Å². The van der Waals surface area contributed by atoms with Crippen LogP contribution in [0.1, 0.15) is 60.8 Å². The molecule has 0 spiro atoms. The van der Waals surface area contributed by atoms with Gasteiger partial charge in [-0.3, -0.25) is 9.80 Å². The molecule has 2 fully saturated rings. The second-order valence-corrected chi connectivity index (χ2v) is 13.3. The lowest BCUT2D eigenvalue weighted by Crippen LogP contribution is -2.31. The Bertz CT molecular complexity index is 1750. The van der Waals surface area contributed by atoms with Crippen molar-refractivity contribution in [2.75, 3.05) is 31.5 Å². The van der Waals surface area contributed by atoms with E-state index in [-0.39, 0.29) is 0 Å². The highest BCUT2D eigenvalue weighted by molar-refractivity contribution is 6.32. The number of halogens is 1. The third kappa shape index (κ3) is 7.38. The lowest BCUT2D eigenvalue weighted by molar-refractivity contribution is 0.210. The number of aryl methyl sites for hydroxylation is 1. The maximum atomic E-state index is 6.67. The van der Waals surface area contributed by atoms with E-state index in [0.717, 1.165) is 46.7 Å². The maximum Gasteiger partial charge on any atom is 0.141 e. The molecule has 0 bridgehead atoms. The first-order chi connectivity index (χ1) is 22.6. The van der Waals surface area contributed by atoms with Gasteiger partial charge in [0.1, 0.15) is 24.5 Å². The summed E-state index contributed by atoms with van der Waals surface area (Å²) in [7, 11) is 0. The molecule has 7 rings (SSSR count). The molecule has 2 aliphatic rings. The van der Waals surface area contributed by atoms with Crippen molar-refractivity contribution < 1.29 is 4.74 Å². The molecule has 5 aromatic rings. The predicted octanol–water partition coefficient (Wildman–Crippen LogP) is 8.68. The SMILES string of the molecule is Cc1cccc(COc2ccc(Nc3ncnc4ccc(-n5cc(CN6CCCCC6)c(CN6CCCCC6)c5)cc34)cc2Cl)c1. The summed E-state index contributed by atoms with van der Waals surface area (Å²) in [6.07, 6.45) is 14.2. The summed E-state index contributed by atoms with van der Waals surface area (Å²) in [6.45, 7) is 9.36. The van der Waals surface area contributed by atoms with Crippen molar-refractivity contribution in [3.8, 4) is 11.4 Å². The van der Waals surface area contributed by atoms with E-state index < -0.39 is 0 Å². The molecule has 7 nitrogen and oxygen atoms in total. The van der Waals surface area contributed by atoms with Crippen LogP contribution in [0.25, 0.3) is 16.6 Å². The van der Waals surface area contributed by atoms with E-state index in [0.29, 0.717) is 17.4 Å². The van der Waals surface area contributed by atoms with Gasteiger partial charge in [-0.05, 0) is 112 Å². The molecule has 0 aliphatic carbocycles. The fourth-order valence-electron chi connectivity index (χ4n) is 6.79. The average molecular weight is 635 g/mol. The fraction of sp³-hybridized carbons (Fsp3) is 0.368. The summed E-state index contributed by atoms with van der Waals surface area (Å²) in [5, 5.41) is 4.99. The Labute approximate surface area is 277 Å². The minimum Gasteiger partial charge on any atom is -0.487 e. The van der Waals surface area contributed by atoms with Crippen molar-refractivity contribution in [3.63, 3.8) is 0 Å². The van der Waals surface area contributed by atoms with Crippen molar-refractivity contribution in [2.45, 2.75) is 65.1 Å². The molecule has 8 heteroatoms. The van der Waals surface area contributed by atoms with Crippen LogP contribution in [0.15, 0.2) is 79.4 Å². The minimum atomic E-state index is 0.465. The van der Waals surface area contributed by atoms with Crippen molar-refractivity contribution in [3.05, 3.63) is 107 Å². The number of nitrogens with one attached hydrogen (secondary N) is 1. The second-order valence-electron chi connectivity index (χ2n) is 12.9. The van der Waals surface area contributed by atoms with E-state index in [9.17, 15) is 0 Å². The van der Waals surface area contributed by atoms with Crippen LogP contribution < -0.4 is 10.1 Å². The molecule has 2 aromatic heterocycles. The van der Waals surface area contributed by atoms with E-state index >= 15 is 0 Å². The Morgan fingerprint density at radius 2 is 1.50 bits per heavy atom. The fourth-order valence-corrected chi connectivity index (χ4v) is 7.02. The normalized spacial score (nSPS) is 16.1. The lowest BCUT2D eigenvalue weighted by Gasteiger charge is -2.28. The smallest absolute Gasteiger partial charge is 0.141 e. The number of hydrogen-bond acceptors (Lipinski definition) is 6. The van der Waals surface area contributed by atoms with E-state index in [1.807, 2.05) is 24.3 Å².